The van der Waals surface area contributed by atoms with Gasteiger partial charge in [0.25, 0.3) is 0 Å². The number of benzene rings is 1. The molecule has 170 valence electrons. The fourth-order valence-electron chi connectivity index (χ4n) is 3.61. The van der Waals surface area contributed by atoms with E-state index in [1.54, 1.807) is 6.20 Å². The van der Waals surface area contributed by atoms with Gasteiger partial charge in [0.1, 0.15) is 12.4 Å². The molecule has 1 aromatic carbocycles. The van der Waals surface area contributed by atoms with Gasteiger partial charge in [-0.1, -0.05) is 12.1 Å². The number of guanidine groups is 1. The van der Waals surface area contributed by atoms with Crippen molar-refractivity contribution in [3.8, 4) is 5.75 Å². The molecule has 0 amide bonds. The molecule has 1 aromatic heterocycles. The van der Waals surface area contributed by atoms with Gasteiger partial charge in [-0.3, -0.25) is 9.58 Å². The molecule has 0 spiro atoms. The molecular formula is C23H36N6O2. The lowest BCUT2D eigenvalue weighted by atomic mass is 10.1. The molecule has 0 aliphatic carbocycles. The summed E-state index contributed by atoms with van der Waals surface area (Å²) in [6.45, 7) is 7.44. The lowest BCUT2D eigenvalue weighted by Crippen LogP contribution is -2.38. The van der Waals surface area contributed by atoms with Gasteiger partial charge < -0.3 is 20.1 Å². The second-order valence-electron chi connectivity index (χ2n) is 7.81. The van der Waals surface area contributed by atoms with E-state index >= 15 is 0 Å². The van der Waals surface area contributed by atoms with Crippen LogP contribution < -0.4 is 15.4 Å². The maximum atomic E-state index is 6.01. The largest absolute Gasteiger partial charge is 0.492 e. The third kappa shape index (κ3) is 7.56. The van der Waals surface area contributed by atoms with E-state index in [2.05, 4.69) is 46.7 Å². The summed E-state index contributed by atoms with van der Waals surface area (Å²) in [6, 6.07) is 10.8. The van der Waals surface area contributed by atoms with Crippen LogP contribution in [0.5, 0.6) is 5.75 Å². The first kappa shape index (κ1) is 23.1. The zero-order valence-corrected chi connectivity index (χ0v) is 19.0. The maximum Gasteiger partial charge on any atom is 0.191 e. The summed E-state index contributed by atoms with van der Waals surface area (Å²) >= 11 is 0. The number of rotatable bonds is 10. The van der Waals surface area contributed by atoms with Crippen molar-refractivity contribution >= 4 is 5.96 Å². The van der Waals surface area contributed by atoms with Crippen LogP contribution in [-0.4, -0.2) is 66.6 Å². The molecule has 8 nitrogen and oxygen atoms in total. The van der Waals surface area contributed by atoms with Crippen molar-refractivity contribution in [2.24, 2.45) is 12.0 Å². The van der Waals surface area contributed by atoms with E-state index in [4.69, 9.17) is 14.5 Å². The maximum absolute atomic E-state index is 6.01. The third-order valence-electron chi connectivity index (χ3n) is 5.55. The van der Waals surface area contributed by atoms with Crippen molar-refractivity contribution in [2.75, 3.05) is 40.0 Å². The molecule has 2 N–H and O–H groups in total. The standard InChI is InChI=1S/C23H36N6O2/c1-4-24-23(26-18-21-8-11-27-29(21)3)25-17-19-6-5-7-22(16-19)31-15-12-28(2)20-9-13-30-14-10-20/h5-8,11,16,20H,4,9-10,12-15,17-18H2,1-3H3,(H2,24,25,26). The zero-order valence-electron chi connectivity index (χ0n) is 19.0. The number of nitrogens with zero attached hydrogens (tertiary/aromatic N) is 4. The van der Waals surface area contributed by atoms with Crippen molar-refractivity contribution in [2.45, 2.75) is 38.9 Å². The molecular weight excluding hydrogens is 392 g/mol. The van der Waals surface area contributed by atoms with E-state index in [-0.39, 0.29) is 0 Å². The van der Waals surface area contributed by atoms with E-state index in [9.17, 15) is 0 Å². The number of aliphatic imine (C=N–C) groups is 1. The number of aryl methyl sites for hydroxylation is 1. The van der Waals surface area contributed by atoms with Crippen molar-refractivity contribution in [3.63, 3.8) is 0 Å². The Morgan fingerprint density at radius 1 is 1.29 bits per heavy atom. The molecule has 0 saturated carbocycles. The van der Waals surface area contributed by atoms with E-state index in [1.165, 1.54) is 0 Å². The molecule has 8 heteroatoms. The van der Waals surface area contributed by atoms with Gasteiger partial charge in [-0.05, 0) is 50.6 Å². The van der Waals surface area contributed by atoms with Crippen LogP contribution in [0.25, 0.3) is 0 Å². The first-order valence-electron chi connectivity index (χ1n) is 11.1. The van der Waals surface area contributed by atoms with Crippen LogP contribution in [-0.2, 0) is 24.9 Å². The fourth-order valence-corrected chi connectivity index (χ4v) is 3.61. The lowest BCUT2D eigenvalue weighted by Gasteiger charge is -2.31. The molecule has 1 saturated heterocycles. The van der Waals surface area contributed by atoms with Crippen LogP contribution in [0.1, 0.15) is 31.0 Å². The van der Waals surface area contributed by atoms with Gasteiger partial charge >= 0.3 is 0 Å². The van der Waals surface area contributed by atoms with Gasteiger partial charge in [0, 0.05) is 45.6 Å². The lowest BCUT2D eigenvalue weighted by molar-refractivity contribution is 0.0392. The van der Waals surface area contributed by atoms with Crippen LogP contribution in [0.2, 0.25) is 0 Å². The van der Waals surface area contributed by atoms with Crippen molar-refractivity contribution in [1.29, 1.82) is 0 Å². The summed E-state index contributed by atoms with van der Waals surface area (Å²) < 4.78 is 13.3. The number of aromatic nitrogens is 2. The van der Waals surface area contributed by atoms with Gasteiger partial charge in [0.2, 0.25) is 0 Å². The number of hydrogen-bond donors (Lipinski definition) is 2. The third-order valence-corrected chi connectivity index (χ3v) is 5.55. The van der Waals surface area contributed by atoms with Crippen LogP contribution in [0.3, 0.4) is 0 Å². The Kier molecular flexibility index (Phi) is 9.17. The quantitative estimate of drug-likeness (QED) is 0.446. The normalized spacial score (nSPS) is 15.3. The Morgan fingerprint density at radius 2 is 2.13 bits per heavy atom. The molecule has 0 radical (unpaired) electrons. The van der Waals surface area contributed by atoms with Crippen LogP contribution in [0.4, 0.5) is 0 Å². The van der Waals surface area contributed by atoms with Gasteiger partial charge in [0.15, 0.2) is 5.96 Å². The van der Waals surface area contributed by atoms with Gasteiger partial charge in [-0.2, -0.15) is 5.10 Å². The van der Waals surface area contributed by atoms with E-state index in [1.807, 2.05) is 29.9 Å². The van der Waals surface area contributed by atoms with E-state index in [0.717, 1.165) is 62.1 Å². The predicted octanol–water partition coefficient (Wildman–Crippen LogP) is 2.17. The molecule has 1 aliphatic heterocycles. The molecule has 0 atom stereocenters. The molecule has 0 bridgehead atoms. The highest BCUT2D eigenvalue weighted by Gasteiger charge is 2.17. The van der Waals surface area contributed by atoms with Gasteiger partial charge in [0.05, 0.1) is 18.8 Å². The molecule has 3 rings (SSSR count). The molecule has 1 aliphatic rings. The second-order valence-corrected chi connectivity index (χ2v) is 7.81. The van der Waals surface area contributed by atoms with Crippen LogP contribution in [0.15, 0.2) is 41.5 Å². The minimum absolute atomic E-state index is 0.583. The predicted molar refractivity (Wildman–Crippen MR) is 123 cm³/mol. The number of ether oxygens (including phenoxy) is 2. The molecule has 2 aromatic rings. The summed E-state index contributed by atoms with van der Waals surface area (Å²) in [5.41, 5.74) is 2.22. The first-order valence-corrected chi connectivity index (χ1v) is 11.1. The minimum atomic E-state index is 0.583. The highest BCUT2D eigenvalue weighted by Crippen LogP contribution is 2.15. The molecule has 0 unspecified atom stereocenters. The first-order chi connectivity index (χ1) is 15.2. The zero-order chi connectivity index (χ0) is 21.9. The summed E-state index contributed by atoms with van der Waals surface area (Å²) in [4.78, 5) is 7.09. The Hall–Kier alpha value is -2.58. The van der Waals surface area contributed by atoms with Crippen molar-refractivity contribution < 1.29 is 9.47 Å². The molecule has 2 heterocycles. The van der Waals surface area contributed by atoms with Crippen LogP contribution >= 0.6 is 0 Å². The highest BCUT2D eigenvalue weighted by molar-refractivity contribution is 5.79. The van der Waals surface area contributed by atoms with Gasteiger partial charge in [-0.15, -0.1) is 0 Å². The number of nitrogens with one attached hydrogen (secondary N) is 2. The monoisotopic (exact) mass is 428 g/mol. The Labute approximate surface area is 185 Å². The average molecular weight is 429 g/mol. The van der Waals surface area contributed by atoms with Gasteiger partial charge in [-0.25, -0.2) is 4.99 Å². The van der Waals surface area contributed by atoms with Crippen molar-refractivity contribution in [3.05, 3.63) is 47.8 Å². The summed E-state index contributed by atoms with van der Waals surface area (Å²) in [5.74, 6) is 1.68. The highest BCUT2D eigenvalue weighted by atomic mass is 16.5. The Morgan fingerprint density at radius 3 is 2.87 bits per heavy atom. The number of hydrogen-bond acceptors (Lipinski definition) is 5. The van der Waals surface area contributed by atoms with E-state index < -0.39 is 0 Å². The smallest absolute Gasteiger partial charge is 0.191 e. The second kappa shape index (κ2) is 12.3. The Bertz CT molecular complexity index is 816. The van der Waals surface area contributed by atoms with Crippen molar-refractivity contribution in [1.82, 2.24) is 25.3 Å². The molecule has 31 heavy (non-hydrogen) atoms. The summed E-state index contributed by atoms with van der Waals surface area (Å²) in [5, 5.41) is 10.8. The SMILES string of the molecule is CCNC(=NCc1cccc(OCCN(C)C2CCOCC2)c1)NCc1ccnn1C. The minimum Gasteiger partial charge on any atom is -0.492 e. The number of likely N-dealkylation sites (N-methyl/N-ethyl adjacent to an activating group) is 1. The van der Waals surface area contributed by atoms with Crippen LogP contribution in [0, 0.1) is 0 Å². The van der Waals surface area contributed by atoms with E-state index in [0.29, 0.717) is 25.7 Å². The molecule has 1 fully saturated rings. The summed E-state index contributed by atoms with van der Waals surface area (Å²) in [7, 11) is 4.11. The summed E-state index contributed by atoms with van der Waals surface area (Å²) in [6.07, 6.45) is 4.01. The Balaban J connectivity index is 1.48. The average Bonchev–Trinajstić information content (AvgIpc) is 3.21. The fraction of sp³-hybridized carbons (Fsp3) is 0.565. The topological polar surface area (TPSA) is 75.9 Å².